The smallest absolute Gasteiger partial charge is 0.250 e. The Bertz CT molecular complexity index is 1100. The summed E-state index contributed by atoms with van der Waals surface area (Å²) in [6.07, 6.45) is 1.65. The van der Waals surface area contributed by atoms with Crippen molar-refractivity contribution in [3.8, 4) is 10.4 Å². The van der Waals surface area contributed by atoms with Gasteiger partial charge in [0.05, 0.1) is 17.0 Å². The summed E-state index contributed by atoms with van der Waals surface area (Å²) in [5, 5.41) is 3.42. The Kier molecular flexibility index (Phi) is 6.63. The summed E-state index contributed by atoms with van der Waals surface area (Å²) in [4.78, 5) is 16.8. The van der Waals surface area contributed by atoms with Crippen LogP contribution in [0.3, 0.4) is 0 Å². The van der Waals surface area contributed by atoms with E-state index >= 15 is 0 Å². The number of primary amides is 1. The van der Waals surface area contributed by atoms with Crippen molar-refractivity contribution in [2.75, 3.05) is 44.8 Å². The SMILES string of the molecule is CCS(=O)(=O)N1CCC(C2CNc3c(C(N)=O)cc(-c4ccc(CN(C)C)s4)cc32)CC1. The second kappa shape index (κ2) is 9.13. The van der Waals surface area contributed by atoms with Crippen LogP contribution in [-0.2, 0) is 16.6 Å². The summed E-state index contributed by atoms with van der Waals surface area (Å²) < 4.78 is 26.1. The Morgan fingerprint density at radius 3 is 2.59 bits per heavy atom. The van der Waals surface area contributed by atoms with Crippen molar-refractivity contribution in [3.05, 3.63) is 40.3 Å². The lowest BCUT2D eigenvalue weighted by Gasteiger charge is -2.34. The van der Waals surface area contributed by atoms with Crippen LogP contribution < -0.4 is 11.1 Å². The van der Waals surface area contributed by atoms with Gasteiger partial charge in [0.25, 0.3) is 5.91 Å². The molecule has 1 fully saturated rings. The molecule has 174 valence electrons. The second-order valence-electron chi connectivity index (χ2n) is 8.98. The monoisotopic (exact) mass is 476 g/mol. The summed E-state index contributed by atoms with van der Waals surface area (Å²) in [5.41, 5.74) is 9.29. The maximum atomic E-state index is 12.3. The first-order valence-electron chi connectivity index (χ1n) is 11.1. The van der Waals surface area contributed by atoms with Crippen molar-refractivity contribution in [1.82, 2.24) is 9.21 Å². The first kappa shape index (κ1) is 23.2. The van der Waals surface area contributed by atoms with Crippen molar-refractivity contribution in [2.45, 2.75) is 32.2 Å². The van der Waals surface area contributed by atoms with Gasteiger partial charge < -0.3 is 16.0 Å². The van der Waals surface area contributed by atoms with Gasteiger partial charge in [-0.15, -0.1) is 11.3 Å². The first-order valence-corrected chi connectivity index (χ1v) is 13.6. The summed E-state index contributed by atoms with van der Waals surface area (Å²) in [6, 6.07) is 8.35. The number of fused-ring (bicyclic) bond motifs is 1. The van der Waals surface area contributed by atoms with E-state index in [-0.39, 0.29) is 11.7 Å². The third-order valence-electron chi connectivity index (χ3n) is 6.58. The highest BCUT2D eigenvalue weighted by molar-refractivity contribution is 7.89. The molecule has 1 aromatic heterocycles. The average molecular weight is 477 g/mol. The second-order valence-corrected chi connectivity index (χ2v) is 12.4. The topological polar surface area (TPSA) is 95.7 Å². The molecule has 9 heteroatoms. The third-order valence-corrected chi connectivity index (χ3v) is 9.58. The summed E-state index contributed by atoms with van der Waals surface area (Å²) in [7, 11) is 0.956. The molecule has 2 aliphatic rings. The molecule has 0 aliphatic carbocycles. The van der Waals surface area contributed by atoms with Crippen LogP contribution >= 0.6 is 11.3 Å². The van der Waals surface area contributed by atoms with E-state index < -0.39 is 15.9 Å². The molecule has 3 N–H and O–H groups in total. The summed E-state index contributed by atoms with van der Waals surface area (Å²) >= 11 is 1.73. The minimum absolute atomic E-state index is 0.146. The summed E-state index contributed by atoms with van der Waals surface area (Å²) in [5.74, 6) is 0.338. The van der Waals surface area contributed by atoms with E-state index in [9.17, 15) is 13.2 Å². The number of nitrogens with one attached hydrogen (secondary N) is 1. The number of carbonyl (C=O) groups is 1. The maximum Gasteiger partial charge on any atom is 0.250 e. The lowest BCUT2D eigenvalue weighted by Crippen LogP contribution is -2.40. The van der Waals surface area contributed by atoms with Gasteiger partial charge in [0.15, 0.2) is 0 Å². The Hall–Kier alpha value is -1.94. The fourth-order valence-corrected chi connectivity index (χ4v) is 7.15. The normalized spacial score (nSPS) is 19.8. The molecule has 0 spiro atoms. The number of nitrogens with two attached hydrogens (primary N) is 1. The van der Waals surface area contributed by atoms with Gasteiger partial charge in [-0.2, -0.15) is 0 Å². The summed E-state index contributed by atoms with van der Waals surface area (Å²) in [6.45, 7) is 4.45. The van der Waals surface area contributed by atoms with Gasteiger partial charge in [0, 0.05) is 41.9 Å². The van der Waals surface area contributed by atoms with Gasteiger partial charge in [-0.3, -0.25) is 4.79 Å². The van der Waals surface area contributed by atoms with Crippen LogP contribution in [0.25, 0.3) is 10.4 Å². The minimum atomic E-state index is -3.14. The van der Waals surface area contributed by atoms with Gasteiger partial charge in [-0.05, 0) is 75.2 Å². The fraction of sp³-hybridized carbons (Fsp3) is 0.522. The van der Waals surface area contributed by atoms with E-state index in [4.69, 9.17) is 5.73 Å². The van der Waals surface area contributed by atoms with Crippen molar-refractivity contribution in [3.63, 3.8) is 0 Å². The van der Waals surface area contributed by atoms with Gasteiger partial charge >= 0.3 is 0 Å². The number of hydrogen-bond acceptors (Lipinski definition) is 6. The number of thiophene rings is 1. The number of rotatable bonds is 7. The zero-order valence-electron chi connectivity index (χ0n) is 18.9. The van der Waals surface area contributed by atoms with Crippen LogP contribution in [0.2, 0.25) is 0 Å². The molecule has 1 atom stereocenters. The van der Waals surface area contributed by atoms with E-state index in [1.807, 2.05) is 20.2 Å². The third kappa shape index (κ3) is 4.57. The van der Waals surface area contributed by atoms with Crippen molar-refractivity contribution in [2.24, 2.45) is 11.7 Å². The number of benzene rings is 1. The van der Waals surface area contributed by atoms with E-state index in [0.717, 1.165) is 47.6 Å². The first-order chi connectivity index (χ1) is 15.2. The Balaban J connectivity index is 1.62. The molecule has 1 aromatic carbocycles. The number of anilines is 1. The number of piperidine rings is 1. The molecule has 0 radical (unpaired) electrons. The highest BCUT2D eigenvalue weighted by atomic mass is 32.2. The maximum absolute atomic E-state index is 12.3. The molecular weight excluding hydrogens is 444 g/mol. The number of hydrogen-bond donors (Lipinski definition) is 2. The van der Waals surface area contributed by atoms with E-state index in [1.165, 1.54) is 4.88 Å². The van der Waals surface area contributed by atoms with Gasteiger partial charge in [-0.25, -0.2) is 12.7 Å². The molecule has 2 aromatic rings. The van der Waals surface area contributed by atoms with Crippen LogP contribution in [0, 0.1) is 5.92 Å². The van der Waals surface area contributed by atoms with Crippen molar-refractivity contribution >= 4 is 33.0 Å². The largest absolute Gasteiger partial charge is 0.384 e. The Labute approximate surface area is 194 Å². The molecule has 1 unspecified atom stereocenters. The predicted molar refractivity (Wildman–Crippen MR) is 131 cm³/mol. The van der Waals surface area contributed by atoms with Crippen molar-refractivity contribution < 1.29 is 13.2 Å². The lowest BCUT2D eigenvalue weighted by molar-refractivity contribution is 0.100. The van der Waals surface area contributed by atoms with Crippen LogP contribution in [-0.4, -0.2) is 63.0 Å². The van der Waals surface area contributed by atoms with E-state index in [0.29, 0.717) is 24.6 Å². The highest BCUT2D eigenvalue weighted by Gasteiger charge is 2.36. The Morgan fingerprint density at radius 2 is 1.97 bits per heavy atom. The molecule has 3 heterocycles. The minimum Gasteiger partial charge on any atom is -0.384 e. The molecular formula is C23H32N4O3S2. The number of carbonyl (C=O) groups excluding carboxylic acids is 1. The van der Waals surface area contributed by atoms with Crippen LogP contribution in [0.4, 0.5) is 5.69 Å². The number of nitrogens with zero attached hydrogens (tertiary/aromatic N) is 2. The van der Waals surface area contributed by atoms with Crippen molar-refractivity contribution in [1.29, 1.82) is 0 Å². The van der Waals surface area contributed by atoms with E-state index in [1.54, 1.807) is 22.6 Å². The number of amides is 1. The lowest BCUT2D eigenvalue weighted by atomic mass is 9.80. The standard InChI is InChI=1S/C23H32N4O3S2/c1-4-32(29,30)27-9-7-15(8-10-27)20-13-25-22-18(20)11-16(12-19(22)23(24)28)21-6-5-17(31-21)14-26(2)3/h5-6,11-12,15,20,25H,4,7-10,13-14H2,1-3H3,(H2,24,28). The highest BCUT2D eigenvalue weighted by Crippen LogP contribution is 2.45. The molecule has 0 saturated carbocycles. The quantitative estimate of drug-likeness (QED) is 0.640. The molecule has 7 nitrogen and oxygen atoms in total. The average Bonchev–Trinajstić information content (AvgIpc) is 3.39. The van der Waals surface area contributed by atoms with Crippen LogP contribution in [0.5, 0.6) is 0 Å². The van der Waals surface area contributed by atoms with Crippen LogP contribution in [0.15, 0.2) is 24.3 Å². The van der Waals surface area contributed by atoms with Crippen LogP contribution in [0.1, 0.15) is 46.5 Å². The molecule has 4 rings (SSSR count). The zero-order valence-corrected chi connectivity index (χ0v) is 20.6. The molecule has 1 amide bonds. The Morgan fingerprint density at radius 1 is 1.25 bits per heavy atom. The fourth-order valence-electron chi connectivity index (χ4n) is 4.90. The number of sulfonamides is 1. The van der Waals surface area contributed by atoms with Gasteiger partial charge in [-0.1, -0.05) is 0 Å². The molecule has 0 bridgehead atoms. The molecule has 1 saturated heterocycles. The zero-order chi connectivity index (χ0) is 23.0. The molecule has 32 heavy (non-hydrogen) atoms. The predicted octanol–water partition coefficient (Wildman–Crippen LogP) is 3.15. The van der Waals surface area contributed by atoms with E-state index in [2.05, 4.69) is 28.4 Å². The van der Waals surface area contributed by atoms with Gasteiger partial charge in [0.2, 0.25) is 10.0 Å². The molecule has 2 aliphatic heterocycles. The van der Waals surface area contributed by atoms with Gasteiger partial charge in [0.1, 0.15) is 0 Å².